The molecule has 10 heavy (non-hydrogen) atoms. The number of rotatable bonds is 1. The highest BCUT2D eigenvalue weighted by Crippen LogP contribution is 2.16. The van der Waals surface area contributed by atoms with Gasteiger partial charge < -0.3 is 10.5 Å². The van der Waals surface area contributed by atoms with Crippen molar-refractivity contribution in [3.63, 3.8) is 0 Å². The van der Waals surface area contributed by atoms with Gasteiger partial charge in [0.05, 0.1) is 6.61 Å². The lowest BCUT2D eigenvalue weighted by atomic mass is 9.95. The van der Waals surface area contributed by atoms with E-state index in [2.05, 4.69) is 19.9 Å². The second-order valence-corrected chi connectivity index (χ2v) is 3.09. The van der Waals surface area contributed by atoms with Crippen LogP contribution in [0, 0.1) is 11.8 Å². The first-order valence-electron chi connectivity index (χ1n) is 3.75. The Kier molecular flexibility index (Phi) is 2.46. The molecule has 1 heterocycles. The molecule has 2 heteroatoms. The first kappa shape index (κ1) is 7.76. The molecule has 2 nitrogen and oxygen atoms in total. The lowest BCUT2D eigenvalue weighted by Crippen LogP contribution is -2.29. The molecule has 0 aliphatic carbocycles. The molecule has 0 bridgehead atoms. The van der Waals surface area contributed by atoms with Gasteiger partial charge in [0.15, 0.2) is 0 Å². The number of nitrogens with two attached hydrogens (primary N) is 1. The molecule has 2 unspecified atom stereocenters. The van der Waals surface area contributed by atoms with Crippen molar-refractivity contribution in [1.82, 2.24) is 0 Å². The van der Waals surface area contributed by atoms with E-state index < -0.39 is 0 Å². The van der Waals surface area contributed by atoms with Gasteiger partial charge in [0.25, 0.3) is 0 Å². The zero-order valence-electron chi connectivity index (χ0n) is 6.58. The molecule has 1 aliphatic rings. The summed E-state index contributed by atoms with van der Waals surface area (Å²) in [6, 6.07) is 0. The molecule has 1 rings (SSSR count). The van der Waals surface area contributed by atoms with Crippen LogP contribution in [0.25, 0.3) is 0 Å². The summed E-state index contributed by atoms with van der Waals surface area (Å²) in [6.07, 6.45) is 3.91. The van der Waals surface area contributed by atoms with Crippen molar-refractivity contribution in [3.8, 4) is 0 Å². The second-order valence-electron chi connectivity index (χ2n) is 3.09. The molecule has 0 aromatic heterocycles. The minimum Gasteiger partial charge on any atom is -0.359 e. The monoisotopic (exact) mass is 141 g/mol. The summed E-state index contributed by atoms with van der Waals surface area (Å²) in [5, 5.41) is 0. The predicted molar refractivity (Wildman–Crippen MR) is 41.4 cm³/mol. The Bertz CT molecular complexity index is 131. The number of hydrogen-bond donors (Lipinski definition) is 1. The third kappa shape index (κ3) is 1.82. The molecular weight excluding hydrogens is 126 g/mol. The average Bonchev–Trinajstić information content (AvgIpc) is 1.88. The molecule has 0 saturated carbocycles. The highest BCUT2D eigenvalue weighted by molar-refractivity contribution is 4.96. The number of hydrogen-bond acceptors (Lipinski definition) is 2. The third-order valence-electron chi connectivity index (χ3n) is 1.89. The highest BCUT2D eigenvalue weighted by Gasteiger charge is 2.15. The molecule has 0 radical (unpaired) electrons. The lowest BCUT2D eigenvalue weighted by molar-refractivity contribution is 0.0486. The van der Waals surface area contributed by atoms with Gasteiger partial charge in [-0.25, -0.2) is 0 Å². The van der Waals surface area contributed by atoms with Crippen LogP contribution in [0.4, 0.5) is 0 Å². The molecule has 0 spiro atoms. The minimum absolute atomic E-state index is 0.171. The van der Waals surface area contributed by atoms with Gasteiger partial charge in [-0.05, 0) is 12.0 Å². The SMILES string of the molecule is CC(C)C1C=CC(N)OC1. The summed E-state index contributed by atoms with van der Waals surface area (Å²) < 4.78 is 5.24. The van der Waals surface area contributed by atoms with Crippen LogP contribution < -0.4 is 5.73 Å². The summed E-state index contributed by atoms with van der Waals surface area (Å²) in [6.45, 7) is 5.15. The fraction of sp³-hybridized carbons (Fsp3) is 0.750. The van der Waals surface area contributed by atoms with Crippen LogP contribution in [-0.4, -0.2) is 12.8 Å². The first-order valence-corrected chi connectivity index (χ1v) is 3.75. The summed E-state index contributed by atoms with van der Waals surface area (Å²) in [5.74, 6) is 1.21. The van der Waals surface area contributed by atoms with Crippen LogP contribution in [0.2, 0.25) is 0 Å². The van der Waals surface area contributed by atoms with Crippen molar-refractivity contribution in [3.05, 3.63) is 12.2 Å². The van der Waals surface area contributed by atoms with Gasteiger partial charge in [-0.3, -0.25) is 0 Å². The molecule has 0 saturated heterocycles. The van der Waals surface area contributed by atoms with E-state index in [4.69, 9.17) is 10.5 Å². The topological polar surface area (TPSA) is 35.2 Å². The van der Waals surface area contributed by atoms with E-state index in [1.807, 2.05) is 6.08 Å². The van der Waals surface area contributed by atoms with Crippen LogP contribution in [-0.2, 0) is 4.74 Å². The fourth-order valence-corrected chi connectivity index (χ4v) is 1.00. The van der Waals surface area contributed by atoms with Crippen LogP contribution in [0.15, 0.2) is 12.2 Å². The molecule has 2 N–H and O–H groups in total. The van der Waals surface area contributed by atoms with E-state index in [1.54, 1.807) is 0 Å². The van der Waals surface area contributed by atoms with Crippen LogP contribution in [0.1, 0.15) is 13.8 Å². The summed E-state index contributed by atoms with van der Waals surface area (Å²) in [5.41, 5.74) is 5.49. The molecule has 0 amide bonds. The minimum atomic E-state index is -0.171. The van der Waals surface area contributed by atoms with Crippen molar-refractivity contribution in [2.75, 3.05) is 6.61 Å². The molecule has 0 aromatic rings. The van der Waals surface area contributed by atoms with E-state index in [0.717, 1.165) is 6.61 Å². The Balaban J connectivity index is 2.45. The molecule has 1 aliphatic heterocycles. The van der Waals surface area contributed by atoms with E-state index in [-0.39, 0.29) is 6.23 Å². The molecule has 0 aromatic carbocycles. The van der Waals surface area contributed by atoms with Crippen LogP contribution in [0.5, 0.6) is 0 Å². The zero-order valence-corrected chi connectivity index (χ0v) is 6.58. The summed E-state index contributed by atoms with van der Waals surface area (Å²) in [4.78, 5) is 0. The maximum absolute atomic E-state index is 5.49. The van der Waals surface area contributed by atoms with Crippen molar-refractivity contribution in [2.24, 2.45) is 17.6 Å². The van der Waals surface area contributed by atoms with Crippen molar-refractivity contribution in [2.45, 2.75) is 20.1 Å². The molecule has 2 atom stereocenters. The van der Waals surface area contributed by atoms with Crippen molar-refractivity contribution < 1.29 is 4.74 Å². The lowest BCUT2D eigenvalue weighted by Gasteiger charge is -2.23. The first-order chi connectivity index (χ1) is 4.70. The fourth-order valence-electron chi connectivity index (χ4n) is 1.00. The van der Waals surface area contributed by atoms with Gasteiger partial charge in [-0.1, -0.05) is 19.9 Å². The Morgan fingerprint density at radius 1 is 1.50 bits per heavy atom. The van der Waals surface area contributed by atoms with Gasteiger partial charge in [0.2, 0.25) is 0 Å². The Morgan fingerprint density at radius 3 is 2.60 bits per heavy atom. The van der Waals surface area contributed by atoms with Gasteiger partial charge in [-0.2, -0.15) is 0 Å². The Hall–Kier alpha value is -0.340. The zero-order chi connectivity index (χ0) is 7.56. The largest absolute Gasteiger partial charge is 0.359 e. The maximum atomic E-state index is 5.49. The van der Waals surface area contributed by atoms with Crippen molar-refractivity contribution >= 4 is 0 Å². The smallest absolute Gasteiger partial charge is 0.124 e. The molecule has 58 valence electrons. The van der Waals surface area contributed by atoms with Gasteiger partial charge in [-0.15, -0.1) is 0 Å². The number of ether oxygens (including phenoxy) is 1. The predicted octanol–water partition coefficient (Wildman–Crippen LogP) is 1.13. The van der Waals surface area contributed by atoms with Gasteiger partial charge in [0.1, 0.15) is 6.23 Å². The maximum Gasteiger partial charge on any atom is 0.124 e. The third-order valence-corrected chi connectivity index (χ3v) is 1.89. The van der Waals surface area contributed by atoms with Crippen molar-refractivity contribution in [1.29, 1.82) is 0 Å². The van der Waals surface area contributed by atoms with Gasteiger partial charge >= 0.3 is 0 Å². The summed E-state index contributed by atoms with van der Waals surface area (Å²) in [7, 11) is 0. The van der Waals surface area contributed by atoms with E-state index in [9.17, 15) is 0 Å². The molecule has 0 fully saturated rings. The van der Waals surface area contributed by atoms with E-state index >= 15 is 0 Å². The molecular formula is C8H15NO. The van der Waals surface area contributed by atoms with Crippen LogP contribution in [0.3, 0.4) is 0 Å². The quantitative estimate of drug-likeness (QED) is 0.555. The normalized spacial score (nSPS) is 33.2. The van der Waals surface area contributed by atoms with Crippen LogP contribution >= 0.6 is 0 Å². The second kappa shape index (κ2) is 3.17. The highest BCUT2D eigenvalue weighted by atomic mass is 16.5. The summed E-state index contributed by atoms with van der Waals surface area (Å²) >= 11 is 0. The average molecular weight is 141 g/mol. The standard InChI is InChI=1S/C8H15NO/c1-6(2)7-3-4-8(9)10-5-7/h3-4,6-8H,5,9H2,1-2H3. The van der Waals surface area contributed by atoms with E-state index in [1.165, 1.54) is 0 Å². The Morgan fingerprint density at radius 2 is 2.20 bits per heavy atom. The van der Waals surface area contributed by atoms with Gasteiger partial charge in [0, 0.05) is 5.92 Å². The van der Waals surface area contributed by atoms with E-state index in [0.29, 0.717) is 11.8 Å². The Labute approximate surface area is 62.1 Å².